The van der Waals surface area contributed by atoms with Crippen molar-refractivity contribution in [1.82, 2.24) is 15.1 Å². The summed E-state index contributed by atoms with van der Waals surface area (Å²) < 4.78 is 1.72. The van der Waals surface area contributed by atoms with Gasteiger partial charge in [0.15, 0.2) is 5.82 Å². The summed E-state index contributed by atoms with van der Waals surface area (Å²) in [4.78, 5) is 0. The van der Waals surface area contributed by atoms with Crippen molar-refractivity contribution in [2.24, 2.45) is 18.6 Å². The highest BCUT2D eigenvalue weighted by Gasteiger charge is 2.16. The van der Waals surface area contributed by atoms with E-state index >= 15 is 0 Å². The van der Waals surface area contributed by atoms with Gasteiger partial charge in [-0.3, -0.25) is 9.69 Å². The molecule has 0 unspecified atom stereocenters. The second kappa shape index (κ2) is 3.92. The number of anilines is 1. The maximum absolute atomic E-state index is 5.97. The van der Waals surface area contributed by atoms with Crippen LogP contribution in [-0.2, 0) is 7.05 Å². The number of aryl methyl sites for hydroxylation is 1. The second-order valence-corrected chi connectivity index (χ2v) is 3.62. The third kappa shape index (κ3) is 1.95. The van der Waals surface area contributed by atoms with Gasteiger partial charge in [0, 0.05) is 44.5 Å². The second-order valence-electron chi connectivity index (χ2n) is 3.62. The molecule has 2 heterocycles. The van der Waals surface area contributed by atoms with Crippen molar-refractivity contribution in [3.8, 4) is 0 Å². The number of hydrogen-bond donors (Lipinski definition) is 3. The number of nitrogens with one attached hydrogen (secondary N) is 1. The quantitative estimate of drug-likeness (QED) is 0.440. The monoisotopic (exact) mass is 208 g/mol. The van der Waals surface area contributed by atoms with Gasteiger partial charge in [0.05, 0.1) is 5.70 Å². The van der Waals surface area contributed by atoms with Crippen LogP contribution in [0.15, 0.2) is 23.7 Å². The van der Waals surface area contributed by atoms with Crippen LogP contribution in [-0.4, -0.2) is 22.9 Å². The fourth-order valence-electron chi connectivity index (χ4n) is 1.64. The van der Waals surface area contributed by atoms with Crippen molar-refractivity contribution in [1.29, 1.82) is 0 Å². The lowest BCUT2D eigenvalue weighted by molar-refractivity contribution is 0.646. The predicted molar refractivity (Wildman–Crippen MR) is 58.6 cm³/mol. The zero-order valence-electron chi connectivity index (χ0n) is 8.77. The zero-order valence-corrected chi connectivity index (χ0v) is 8.77. The van der Waals surface area contributed by atoms with Crippen LogP contribution in [0.4, 0.5) is 5.82 Å². The number of nitrogens with zero attached hydrogens (tertiary/aromatic N) is 3. The summed E-state index contributed by atoms with van der Waals surface area (Å²) in [6, 6.07) is 1.86. The Hall–Kier alpha value is -1.53. The number of aromatic nitrogens is 2. The number of hydrazine groups is 1. The Bertz CT molecular complexity index is 380. The van der Waals surface area contributed by atoms with Gasteiger partial charge in [-0.05, 0) is 0 Å². The minimum atomic E-state index is 0.690. The lowest BCUT2D eigenvalue weighted by Crippen LogP contribution is -2.39. The molecule has 0 aliphatic carbocycles. The van der Waals surface area contributed by atoms with Crippen LogP contribution in [0.3, 0.4) is 0 Å². The predicted octanol–water partition coefficient (Wildman–Crippen LogP) is -0.736. The number of nitrogens with two attached hydrogens (primary N) is 2. The molecule has 0 spiro atoms. The van der Waals surface area contributed by atoms with E-state index in [9.17, 15) is 0 Å². The fraction of sp³-hybridized carbons (Fsp3) is 0.444. The van der Waals surface area contributed by atoms with E-state index in [2.05, 4.69) is 10.4 Å². The molecule has 0 aromatic carbocycles. The molecule has 82 valence electrons. The van der Waals surface area contributed by atoms with Crippen LogP contribution in [0.2, 0.25) is 0 Å². The Morgan fingerprint density at radius 2 is 2.40 bits per heavy atom. The van der Waals surface area contributed by atoms with Gasteiger partial charge in [-0.15, -0.1) is 0 Å². The number of rotatable bonds is 2. The normalized spacial score (nSPS) is 16.9. The SMILES string of the molecule is Cn1ccc(N(N)C2=C(N)CNCC2)n1. The third-order valence-electron chi connectivity index (χ3n) is 2.46. The minimum Gasteiger partial charge on any atom is -0.400 e. The standard InChI is InChI=1S/C9H16N6/c1-14-5-3-9(13-14)15(11)8-2-4-12-6-7(8)10/h3,5,12H,2,4,6,10-11H2,1H3. The van der Waals surface area contributed by atoms with Gasteiger partial charge < -0.3 is 11.1 Å². The molecule has 6 nitrogen and oxygen atoms in total. The van der Waals surface area contributed by atoms with Crippen molar-refractivity contribution < 1.29 is 0 Å². The molecule has 2 rings (SSSR count). The molecular formula is C9H16N6. The van der Waals surface area contributed by atoms with E-state index < -0.39 is 0 Å². The summed E-state index contributed by atoms with van der Waals surface area (Å²) in [6.45, 7) is 1.59. The summed E-state index contributed by atoms with van der Waals surface area (Å²) in [5.41, 5.74) is 7.62. The van der Waals surface area contributed by atoms with Gasteiger partial charge in [0.25, 0.3) is 0 Å². The van der Waals surface area contributed by atoms with Crippen molar-refractivity contribution in [2.75, 3.05) is 18.1 Å². The molecule has 0 bridgehead atoms. The van der Waals surface area contributed by atoms with Crippen LogP contribution in [0.25, 0.3) is 0 Å². The summed E-state index contributed by atoms with van der Waals surface area (Å²) >= 11 is 0. The molecule has 0 saturated carbocycles. The molecule has 15 heavy (non-hydrogen) atoms. The average Bonchev–Trinajstić information content (AvgIpc) is 2.65. The van der Waals surface area contributed by atoms with Crippen LogP contribution >= 0.6 is 0 Å². The molecule has 0 radical (unpaired) electrons. The van der Waals surface area contributed by atoms with Crippen LogP contribution in [0, 0.1) is 0 Å². The molecular weight excluding hydrogens is 192 g/mol. The van der Waals surface area contributed by atoms with Gasteiger partial charge in [0.1, 0.15) is 0 Å². The van der Waals surface area contributed by atoms with Crippen LogP contribution < -0.4 is 21.9 Å². The summed E-state index contributed by atoms with van der Waals surface area (Å²) in [5, 5.41) is 8.98. The van der Waals surface area contributed by atoms with E-state index in [-0.39, 0.29) is 0 Å². The summed E-state index contributed by atoms with van der Waals surface area (Å²) in [7, 11) is 1.86. The maximum atomic E-state index is 5.97. The lowest BCUT2D eigenvalue weighted by atomic mass is 10.2. The van der Waals surface area contributed by atoms with E-state index in [1.54, 1.807) is 9.69 Å². The molecule has 1 aliphatic rings. The Balaban J connectivity index is 2.23. The Morgan fingerprint density at radius 1 is 1.60 bits per heavy atom. The molecule has 0 fully saturated rings. The first-order valence-electron chi connectivity index (χ1n) is 4.91. The van der Waals surface area contributed by atoms with E-state index in [1.807, 2.05) is 19.3 Å². The smallest absolute Gasteiger partial charge is 0.169 e. The lowest BCUT2D eigenvalue weighted by Gasteiger charge is -2.25. The molecule has 5 N–H and O–H groups in total. The van der Waals surface area contributed by atoms with E-state index in [0.29, 0.717) is 6.54 Å². The molecule has 0 saturated heterocycles. The largest absolute Gasteiger partial charge is 0.400 e. The Kier molecular flexibility index (Phi) is 2.61. The molecule has 0 atom stereocenters. The molecule has 1 aliphatic heterocycles. The molecule has 0 amide bonds. The van der Waals surface area contributed by atoms with Crippen molar-refractivity contribution >= 4 is 5.82 Å². The molecule has 6 heteroatoms. The highest BCUT2D eigenvalue weighted by Crippen LogP contribution is 2.17. The number of hydrogen-bond acceptors (Lipinski definition) is 5. The van der Waals surface area contributed by atoms with Crippen molar-refractivity contribution in [3.05, 3.63) is 23.7 Å². The van der Waals surface area contributed by atoms with Gasteiger partial charge in [-0.1, -0.05) is 0 Å². The topological polar surface area (TPSA) is 85.1 Å². The van der Waals surface area contributed by atoms with E-state index in [0.717, 1.165) is 30.2 Å². The molecule has 1 aromatic heterocycles. The summed E-state index contributed by atoms with van der Waals surface area (Å²) in [6.07, 6.45) is 2.69. The van der Waals surface area contributed by atoms with Crippen LogP contribution in [0.1, 0.15) is 6.42 Å². The highest BCUT2D eigenvalue weighted by molar-refractivity contribution is 5.44. The summed E-state index contributed by atoms with van der Waals surface area (Å²) in [5.74, 6) is 6.69. The van der Waals surface area contributed by atoms with E-state index in [4.69, 9.17) is 11.6 Å². The first-order valence-corrected chi connectivity index (χ1v) is 4.91. The van der Waals surface area contributed by atoms with Gasteiger partial charge in [0.2, 0.25) is 0 Å². The van der Waals surface area contributed by atoms with Crippen molar-refractivity contribution in [3.63, 3.8) is 0 Å². The van der Waals surface area contributed by atoms with Gasteiger partial charge in [-0.25, -0.2) is 5.84 Å². The van der Waals surface area contributed by atoms with Gasteiger partial charge in [-0.2, -0.15) is 5.10 Å². The van der Waals surface area contributed by atoms with E-state index in [1.165, 1.54) is 0 Å². The molecule has 1 aromatic rings. The third-order valence-corrected chi connectivity index (χ3v) is 2.46. The first-order chi connectivity index (χ1) is 7.18. The zero-order chi connectivity index (χ0) is 10.8. The van der Waals surface area contributed by atoms with Gasteiger partial charge >= 0.3 is 0 Å². The first kappa shape index (κ1) is 10.0. The highest BCUT2D eigenvalue weighted by atomic mass is 15.5. The van der Waals surface area contributed by atoms with Crippen molar-refractivity contribution in [2.45, 2.75) is 6.42 Å². The Morgan fingerprint density at radius 3 is 3.00 bits per heavy atom. The Labute approximate surface area is 88.5 Å². The van der Waals surface area contributed by atoms with Crippen LogP contribution in [0.5, 0.6) is 0 Å². The average molecular weight is 208 g/mol. The maximum Gasteiger partial charge on any atom is 0.169 e. The fourth-order valence-corrected chi connectivity index (χ4v) is 1.64. The minimum absolute atomic E-state index is 0.690.